The predicted octanol–water partition coefficient (Wildman–Crippen LogP) is 3.73. The van der Waals surface area contributed by atoms with Gasteiger partial charge in [-0.2, -0.15) is 5.10 Å². The molecule has 0 radical (unpaired) electrons. The number of nitrogens with zero attached hydrogens (tertiary/aromatic N) is 5. The fourth-order valence-electron chi connectivity index (χ4n) is 5.64. The molecule has 6 rings (SSSR count). The van der Waals surface area contributed by atoms with Gasteiger partial charge in [-0.05, 0) is 42.4 Å². The second kappa shape index (κ2) is 7.25. The average molecular weight is 446 g/mol. The van der Waals surface area contributed by atoms with Crippen molar-refractivity contribution >= 4 is 28.6 Å². The first-order valence-electron chi connectivity index (χ1n) is 11.0. The number of fused-ring (bicyclic) bond motifs is 2. The Labute approximate surface area is 191 Å². The molecular formula is C24H24ClN7. The van der Waals surface area contributed by atoms with Crippen LogP contribution in [0.1, 0.15) is 17.5 Å². The molecule has 162 valence electrons. The van der Waals surface area contributed by atoms with Crippen molar-refractivity contribution in [1.82, 2.24) is 25.1 Å². The maximum absolute atomic E-state index is 6.53. The van der Waals surface area contributed by atoms with Crippen LogP contribution < -0.4 is 10.6 Å². The molecule has 8 heteroatoms. The van der Waals surface area contributed by atoms with Gasteiger partial charge in [0.25, 0.3) is 0 Å². The molecule has 1 aromatic carbocycles. The Morgan fingerprint density at radius 1 is 1.22 bits per heavy atom. The summed E-state index contributed by atoms with van der Waals surface area (Å²) in [7, 11) is 0. The van der Waals surface area contributed by atoms with E-state index in [0.29, 0.717) is 29.1 Å². The first kappa shape index (κ1) is 19.6. The number of aromatic nitrogens is 5. The summed E-state index contributed by atoms with van der Waals surface area (Å²) in [6.07, 6.45) is 6.73. The first-order valence-corrected chi connectivity index (χ1v) is 11.3. The minimum absolute atomic E-state index is 0.0297. The van der Waals surface area contributed by atoms with E-state index in [2.05, 4.69) is 26.1 Å². The Bertz CT molecular complexity index is 1300. The number of hydrogen-bond acceptors (Lipinski definition) is 6. The van der Waals surface area contributed by atoms with Gasteiger partial charge < -0.3 is 10.6 Å². The summed E-state index contributed by atoms with van der Waals surface area (Å²) in [5.41, 5.74) is 11.6. The van der Waals surface area contributed by atoms with Crippen LogP contribution in [0.4, 0.5) is 5.82 Å². The van der Waals surface area contributed by atoms with E-state index in [0.717, 1.165) is 47.7 Å². The third-order valence-corrected chi connectivity index (χ3v) is 7.90. The number of anilines is 1. The molecule has 1 aliphatic carbocycles. The third kappa shape index (κ3) is 2.77. The molecule has 3 N–H and O–H groups in total. The van der Waals surface area contributed by atoms with Gasteiger partial charge in [-0.3, -0.25) is 10.1 Å². The van der Waals surface area contributed by atoms with Crippen molar-refractivity contribution in [3.05, 3.63) is 65.1 Å². The molecule has 1 saturated carbocycles. The van der Waals surface area contributed by atoms with Gasteiger partial charge in [0.2, 0.25) is 5.65 Å². The van der Waals surface area contributed by atoms with Crippen LogP contribution in [0.15, 0.2) is 48.9 Å². The minimum atomic E-state index is 0.0297. The van der Waals surface area contributed by atoms with E-state index >= 15 is 0 Å². The highest BCUT2D eigenvalue weighted by molar-refractivity contribution is 6.34. The zero-order valence-electron chi connectivity index (χ0n) is 17.8. The van der Waals surface area contributed by atoms with Gasteiger partial charge in [-0.25, -0.2) is 9.97 Å². The number of nitrogens with two attached hydrogens (primary N) is 1. The predicted molar refractivity (Wildman–Crippen MR) is 126 cm³/mol. The van der Waals surface area contributed by atoms with E-state index in [9.17, 15) is 0 Å². The zero-order valence-corrected chi connectivity index (χ0v) is 18.5. The zero-order chi connectivity index (χ0) is 21.9. The van der Waals surface area contributed by atoms with Crippen LogP contribution >= 0.6 is 11.6 Å². The molecule has 0 spiro atoms. The summed E-state index contributed by atoms with van der Waals surface area (Å²) in [6, 6.07) is 10.1. The molecule has 4 heterocycles. The number of benzene rings is 1. The lowest BCUT2D eigenvalue weighted by molar-refractivity contribution is 0.545. The smallest absolute Gasteiger partial charge is 0.202 e. The quantitative estimate of drug-likeness (QED) is 0.496. The summed E-state index contributed by atoms with van der Waals surface area (Å²) in [4.78, 5) is 16.2. The second-order valence-corrected chi connectivity index (χ2v) is 9.25. The Kier molecular flexibility index (Phi) is 4.45. The molecule has 2 fully saturated rings. The molecule has 0 bridgehead atoms. The lowest BCUT2D eigenvalue weighted by Crippen LogP contribution is -2.32. The molecule has 32 heavy (non-hydrogen) atoms. The van der Waals surface area contributed by atoms with Crippen LogP contribution in [-0.2, 0) is 5.41 Å². The molecule has 7 nitrogen and oxygen atoms in total. The summed E-state index contributed by atoms with van der Waals surface area (Å²) in [5, 5.41) is 8.22. The van der Waals surface area contributed by atoms with E-state index in [1.54, 1.807) is 0 Å². The van der Waals surface area contributed by atoms with Crippen molar-refractivity contribution in [2.24, 2.45) is 17.6 Å². The van der Waals surface area contributed by atoms with Gasteiger partial charge in [0.05, 0.1) is 16.9 Å². The lowest BCUT2D eigenvalue weighted by Gasteiger charge is -2.26. The number of halogens is 1. The molecule has 3 unspecified atom stereocenters. The monoisotopic (exact) mass is 445 g/mol. The number of pyridine rings is 1. The van der Waals surface area contributed by atoms with Crippen molar-refractivity contribution in [3.63, 3.8) is 0 Å². The molecule has 1 aliphatic heterocycles. The third-order valence-electron chi connectivity index (χ3n) is 7.40. The Morgan fingerprint density at radius 3 is 2.94 bits per heavy atom. The molecule has 1 saturated heterocycles. The van der Waals surface area contributed by atoms with Gasteiger partial charge in [0.15, 0.2) is 0 Å². The second-order valence-electron chi connectivity index (χ2n) is 8.87. The average Bonchev–Trinajstić information content (AvgIpc) is 3.31. The SMILES string of the molecule is Cc1cccc(-c2[nH]nc3nc(N4CCC5C(C4)C5(CN)c4cccnc4)cnc23)c1Cl. The summed E-state index contributed by atoms with van der Waals surface area (Å²) < 4.78 is 0. The van der Waals surface area contributed by atoms with Crippen LogP contribution in [0.5, 0.6) is 0 Å². The van der Waals surface area contributed by atoms with Crippen molar-refractivity contribution in [2.75, 3.05) is 24.5 Å². The van der Waals surface area contributed by atoms with Crippen molar-refractivity contribution in [1.29, 1.82) is 0 Å². The number of aryl methyl sites for hydroxylation is 1. The largest absolute Gasteiger partial charge is 0.355 e. The van der Waals surface area contributed by atoms with Crippen LogP contribution in [0, 0.1) is 18.8 Å². The van der Waals surface area contributed by atoms with Gasteiger partial charge in [0, 0.05) is 43.0 Å². The Hall–Kier alpha value is -3.03. The van der Waals surface area contributed by atoms with E-state index in [1.165, 1.54) is 5.56 Å². The molecule has 0 amide bonds. The van der Waals surface area contributed by atoms with Gasteiger partial charge in [-0.15, -0.1) is 0 Å². The van der Waals surface area contributed by atoms with Crippen molar-refractivity contribution < 1.29 is 0 Å². The Morgan fingerprint density at radius 2 is 2.12 bits per heavy atom. The molecule has 4 aromatic rings. The maximum Gasteiger partial charge on any atom is 0.202 e. The van der Waals surface area contributed by atoms with E-state index in [-0.39, 0.29) is 5.41 Å². The van der Waals surface area contributed by atoms with Crippen LogP contribution in [-0.4, -0.2) is 44.8 Å². The highest BCUT2D eigenvalue weighted by Gasteiger charge is 2.65. The number of hydrogen-bond donors (Lipinski definition) is 2. The summed E-state index contributed by atoms with van der Waals surface area (Å²) >= 11 is 6.53. The fraction of sp³-hybridized carbons (Fsp3) is 0.333. The summed E-state index contributed by atoms with van der Waals surface area (Å²) in [5.74, 6) is 1.96. The van der Waals surface area contributed by atoms with Gasteiger partial charge in [-0.1, -0.05) is 35.9 Å². The number of aromatic amines is 1. The van der Waals surface area contributed by atoms with E-state index < -0.39 is 0 Å². The normalized spacial score (nSPS) is 24.5. The van der Waals surface area contributed by atoms with Crippen molar-refractivity contribution in [2.45, 2.75) is 18.8 Å². The highest BCUT2D eigenvalue weighted by atomic mass is 35.5. The van der Waals surface area contributed by atoms with Crippen molar-refractivity contribution in [3.8, 4) is 11.3 Å². The molecule has 3 atom stereocenters. The maximum atomic E-state index is 6.53. The standard InChI is InChI=1S/C24H24ClN7/c1-14-4-2-6-16(20(14)25)21-22-23(31-30-21)29-19(11-28-22)32-9-7-17-18(12-32)24(17,13-26)15-5-3-8-27-10-15/h2-6,8,10-11,17-18H,7,9,12-13,26H2,1H3,(H,29,30,31). The minimum Gasteiger partial charge on any atom is -0.355 e. The van der Waals surface area contributed by atoms with Crippen LogP contribution in [0.25, 0.3) is 22.4 Å². The Balaban J connectivity index is 1.30. The lowest BCUT2D eigenvalue weighted by atomic mass is 9.93. The molecule has 3 aromatic heterocycles. The number of nitrogens with one attached hydrogen (secondary N) is 1. The van der Waals surface area contributed by atoms with Crippen LogP contribution in [0.2, 0.25) is 5.02 Å². The highest BCUT2D eigenvalue weighted by Crippen LogP contribution is 2.62. The van der Waals surface area contributed by atoms with E-state index in [4.69, 9.17) is 27.3 Å². The van der Waals surface area contributed by atoms with Gasteiger partial charge in [0.1, 0.15) is 11.3 Å². The number of rotatable bonds is 4. The topological polar surface area (TPSA) is 96.6 Å². The summed E-state index contributed by atoms with van der Waals surface area (Å²) in [6.45, 7) is 4.48. The first-order chi connectivity index (χ1) is 15.6. The fourth-order valence-corrected chi connectivity index (χ4v) is 5.86. The molecule has 2 aliphatic rings. The molecular weight excluding hydrogens is 422 g/mol. The number of piperidine rings is 1. The van der Waals surface area contributed by atoms with E-state index in [1.807, 2.05) is 49.8 Å². The van der Waals surface area contributed by atoms with Crippen LogP contribution in [0.3, 0.4) is 0 Å². The number of H-pyrrole nitrogens is 1. The van der Waals surface area contributed by atoms with Gasteiger partial charge >= 0.3 is 0 Å².